The molecule has 5 heteroatoms. The van der Waals surface area contributed by atoms with Gasteiger partial charge in [-0.3, -0.25) is 0 Å². The Morgan fingerprint density at radius 1 is 0.625 bits per heavy atom. The largest absolute Gasteiger partial charge is 0.692 e. The topological polar surface area (TPSA) is 69.6 Å². The molecule has 4 nitrogen and oxygen atoms in total. The first-order valence-electron chi connectivity index (χ1n) is 10.1. The van der Waals surface area contributed by atoms with E-state index >= 15 is 0 Å². The van der Waals surface area contributed by atoms with Gasteiger partial charge in [-0.2, -0.15) is 0 Å². The van der Waals surface area contributed by atoms with Crippen LogP contribution in [0.25, 0.3) is 0 Å². The summed E-state index contributed by atoms with van der Waals surface area (Å²) in [6.45, 7) is 3.49. The van der Waals surface area contributed by atoms with Crippen molar-refractivity contribution < 1.29 is 14.4 Å². The number of nitrogens with one attached hydrogen (secondary N) is 1. The van der Waals surface area contributed by atoms with Crippen LogP contribution in [0.1, 0.15) is 110 Å². The van der Waals surface area contributed by atoms with Crippen molar-refractivity contribution in [3.05, 3.63) is 0 Å². The average Bonchev–Trinajstić information content (AvgIpc) is 2.54. The van der Waals surface area contributed by atoms with Crippen molar-refractivity contribution in [2.24, 2.45) is 0 Å². The molecule has 24 heavy (non-hydrogen) atoms. The van der Waals surface area contributed by atoms with Gasteiger partial charge in [-0.25, -0.2) is 0 Å². The first-order chi connectivity index (χ1) is 11.6. The van der Waals surface area contributed by atoms with Crippen LogP contribution in [0.3, 0.4) is 0 Å². The van der Waals surface area contributed by atoms with Gasteiger partial charge in [0.15, 0.2) is 0 Å². The SMILES string of the molecule is CCCCCCCCCCCCCCCCCCNC.O=[P+](O)O. The Kier molecular flexibility index (Phi) is 27.5. The molecule has 0 fully saturated rings. The van der Waals surface area contributed by atoms with Gasteiger partial charge in [-0.05, 0) is 20.0 Å². The second kappa shape index (κ2) is 25.2. The highest BCUT2D eigenvalue weighted by molar-refractivity contribution is 7.30. The van der Waals surface area contributed by atoms with E-state index in [1.807, 2.05) is 7.05 Å². The van der Waals surface area contributed by atoms with E-state index in [2.05, 4.69) is 12.2 Å². The van der Waals surface area contributed by atoms with Crippen molar-refractivity contribution in [3.8, 4) is 0 Å². The van der Waals surface area contributed by atoms with Crippen LogP contribution in [-0.2, 0) is 4.57 Å². The molecule has 0 aliphatic heterocycles. The van der Waals surface area contributed by atoms with E-state index in [1.54, 1.807) is 0 Å². The monoisotopic (exact) mass is 364 g/mol. The van der Waals surface area contributed by atoms with E-state index in [-0.39, 0.29) is 0 Å². The van der Waals surface area contributed by atoms with Gasteiger partial charge in [0.25, 0.3) is 0 Å². The van der Waals surface area contributed by atoms with Gasteiger partial charge >= 0.3 is 8.25 Å². The second-order valence-corrected chi connectivity index (χ2v) is 7.17. The Morgan fingerprint density at radius 2 is 0.875 bits per heavy atom. The van der Waals surface area contributed by atoms with Crippen LogP contribution < -0.4 is 5.32 Å². The predicted octanol–water partition coefficient (Wildman–Crippen LogP) is 6.10. The first-order valence-corrected chi connectivity index (χ1v) is 11.3. The fourth-order valence-electron chi connectivity index (χ4n) is 2.85. The maximum Gasteiger partial charge on any atom is 0.692 e. The summed E-state index contributed by atoms with van der Waals surface area (Å²) >= 11 is 0. The number of rotatable bonds is 17. The maximum atomic E-state index is 8.70. The number of hydrogen-bond acceptors (Lipinski definition) is 2. The lowest BCUT2D eigenvalue weighted by Crippen LogP contribution is -2.06. The van der Waals surface area contributed by atoms with Crippen LogP contribution in [0, 0.1) is 0 Å². The summed E-state index contributed by atoms with van der Waals surface area (Å²) in [6.07, 6.45) is 23.2. The van der Waals surface area contributed by atoms with Crippen LogP contribution in [-0.4, -0.2) is 23.4 Å². The molecule has 0 heterocycles. The minimum atomic E-state index is -2.87. The fourth-order valence-corrected chi connectivity index (χ4v) is 2.85. The van der Waals surface area contributed by atoms with Gasteiger partial charge in [0.1, 0.15) is 0 Å². The van der Waals surface area contributed by atoms with Gasteiger partial charge < -0.3 is 5.32 Å². The van der Waals surface area contributed by atoms with Crippen LogP contribution in [0.4, 0.5) is 0 Å². The summed E-state index contributed by atoms with van der Waals surface area (Å²) in [6, 6.07) is 0. The Bertz CT molecular complexity index is 219. The molecular formula is C19H43NO3P+. The highest BCUT2D eigenvalue weighted by Gasteiger charge is 1.94. The summed E-state index contributed by atoms with van der Waals surface area (Å²) in [5.41, 5.74) is 0. The zero-order valence-electron chi connectivity index (χ0n) is 16.3. The highest BCUT2D eigenvalue weighted by Crippen LogP contribution is 2.13. The first kappa shape index (κ1) is 26.2. The third kappa shape index (κ3) is 33.6. The lowest BCUT2D eigenvalue weighted by molar-refractivity contribution is 0.405. The summed E-state index contributed by atoms with van der Waals surface area (Å²) in [5.74, 6) is 0. The van der Waals surface area contributed by atoms with Crippen molar-refractivity contribution in [3.63, 3.8) is 0 Å². The van der Waals surface area contributed by atoms with Crippen LogP contribution in [0.15, 0.2) is 0 Å². The Balaban J connectivity index is 0. The molecular weight excluding hydrogens is 321 g/mol. The van der Waals surface area contributed by atoms with Crippen molar-refractivity contribution in [2.45, 2.75) is 110 Å². The lowest BCUT2D eigenvalue weighted by Gasteiger charge is -2.03. The normalized spacial score (nSPS) is 10.3. The third-order valence-corrected chi connectivity index (χ3v) is 4.28. The van der Waals surface area contributed by atoms with Gasteiger partial charge in [-0.15, -0.1) is 9.79 Å². The highest BCUT2D eigenvalue weighted by atomic mass is 31.1. The number of unbranched alkanes of at least 4 members (excludes halogenated alkanes) is 15. The molecule has 0 aromatic rings. The van der Waals surface area contributed by atoms with Gasteiger partial charge in [0.2, 0.25) is 0 Å². The van der Waals surface area contributed by atoms with E-state index in [0.717, 1.165) is 0 Å². The number of hydrogen-bond donors (Lipinski definition) is 3. The summed E-state index contributed by atoms with van der Waals surface area (Å²) < 4.78 is 8.70. The molecule has 0 aliphatic rings. The molecule has 0 aromatic heterocycles. The van der Waals surface area contributed by atoms with E-state index in [4.69, 9.17) is 14.4 Å². The van der Waals surface area contributed by atoms with Gasteiger partial charge in [0, 0.05) is 4.57 Å². The van der Waals surface area contributed by atoms with Crippen molar-refractivity contribution in [1.82, 2.24) is 5.32 Å². The van der Waals surface area contributed by atoms with Gasteiger partial charge in [0.05, 0.1) is 0 Å². The third-order valence-electron chi connectivity index (χ3n) is 4.28. The van der Waals surface area contributed by atoms with E-state index < -0.39 is 8.25 Å². The molecule has 0 bridgehead atoms. The van der Waals surface area contributed by atoms with Crippen molar-refractivity contribution in [1.29, 1.82) is 0 Å². The molecule has 0 unspecified atom stereocenters. The Morgan fingerprint density at radius 3 is 1.12 bits per heavy atom. The van der Waals surface area contributed by atoms with Gasteiger partial charge in [-0.1, -0.05) is 103 Å². The standard InChI is InChI=1S/C19H41N.HO3P/c1-3-4-5-6-7-8-9-10-11-12-13-14-15-16-17-18-19-20-2;1-4(2)3/h20H,3-19H2,1-2H3;(H-,1,2,3)/p+1. The minimum absolute atomic E-state index is 1.19. The molecule has 146 valence electrons. The zero-order valence-corrected chi connectivity index (χ0v) is 17.2. The lowest BCUT2D eigenvalue weighted by atomic mass is 10.0. The van der Waals surface area contributed by atoms with Crippen molar-refractivity contribution in [2.75, 3.05) is 13.6 Å². The molecule has 0 saturated heterocycles. The summed E-state index contributed by atoms with van der Waals surface area (Å²) in [7, 11) is -0.824. The summed E-state index contributed by atoms with van der Waals surface area (Å²) in [5, 5.41) is 3.22. The van der Waals surface area contributed by atoms with Crippen LogP contribution in [0.5, 0.6) is 0 Å². The summed E-state index contributed by atoms with van der Waals surface area (Å²) in [4.78, 5) is 14.2. The van der Waals surface area contributed by atoms with Crippen LogP contribution >= 0.6 is 8.25 Å². The maximum absolute atomic E-state index is 8.70. The van der Waals surface area contributed by atoms with Crippen LogP contribution in [0.2, 0.25) is 0 Å². The Labute approximate surface area is 151 Å². The Hall–Kier alpha value is -0.0200. The fraction of sp³-hybridized carbons (Fsp3) is 1.00. The molecule has 0 rings (SSSR count). The molecule has 0 radical (unpaired) electrons. The molecule has 0 spiro atoms. The zero-order chi connectivity index (χ0) is 18.3. The molecule has 3 N–H and O–H groups in total. The second-order valence-electron chi connectivity index (χ2n) is 6.66. The molecule has 0 aromatic carbocycles. The quantitative estimate of drug-likeness (QED) is 0.215. The predicted molar refractivity (Wildman–Crippen MR) is 106 cm³/mol. The van der Waals surface area contributed by atoms with E-state index in [9.17, 15) is 0 Å². The van der Waals surface area contributed by atoms with E-state index in [1.165, 1.54) is 109 Å². The average molecular weight is 365 g/mol. The minimum Gasteiger partial charge on any atom is -0.320 e. The van der Waals surface area contributed by atoms with E-state index in [0.29, 0.717) is 0 Å². The molecule has 0 amide bonds. The molecule has 0 aliphatic carbocycles. The molecule has 0 saturated carbocycles. The molecule has 0 atom stereocenters. The smallest absolute Gasteiger partial charge is 0.320 e. The van der Waals surface area contributed by atoms with Crippen molar-refractivity contribution >= 4 is 8.25 Å².